The molecule has 0 aliphatic rings. The van der Waals surface area contributed by atoms with Crippen molar-refractivity contribution in [3.63, 3.8) is 0 Å². The third kappa shape index (κ3) is 6.69. The first-order chi connectivity index (χ1) is 18.1. The van der Waals surface area contributed by atoms with Gasteiger partial charge < -0.3 is 14.8 Å². The molecular weight excluding hydrogens is 490 g/mol. The smallest absolute Gasteiger partial charge is 0.269 e. The summed E-state index contributed by atoms with van der Waals surface area (Å²) in [6.45, 7) is 6.02. The maximum Gasteiger partial charge on any atom is 0.269 e. The third-order valence-corrected chi connectivity index (χ3v) is 5.27. The van der Waals surface area contributed by atoms with Crippen LogP contribution < -0.4 is 14.8 Å². The second-order valence-corrected chi connectivity index (χ2v) is 7.88. The maximum atomic E-state index is 11.3. The van der Waals surface area contributed by atoms with Crippen LogP contribution in [0.5, 0.6) is 11.5 Å². The summed E-state index contributed by atoms with van der Waals surface area (Å²) in [6.07, 6.45) is 5.51. The van der Waals surface area contributed by atoms with Gasteiger partial charge in [-0.2, -0.15) is 0 Å². The summed E-state index contributed by atoms with van der Waals surface area (Å²) in [5.41, 5.74) is 2.79. The van der Waals surface area contributed by atoms with Crippen molar-refractivity contribution in [2.45, 2.75) is 13.5 Å². The molecular formula is C28H22ClN5O3. The quantitative estimate of drug-likeness (QED) is 0.188. The van der Waals surface area contributed by atoms with E-state index in [1.807, 2.05) is 37.3 Å². The molecule has 8 nitrogen and oxygen atoms in total. The number of aromatic nitrogens is 3. The minimum absolute atomic E-state index is 0.308. The summed E-state index contributed by atoms with van der Waals surface area (Å²) < 4.78 is 11.5. The molecule has 2 heterocycles. The summed E-state index contributed by atoms with van der Waals surface area (Å²) in [5.74, 6) is 6.92. The zero-order chi connectivity index (χ0) is 26.0. The number of aliphatic imine (C=N–C) groups is 1. The third-order valence-electron chi connectivity index (χ3n) is 4.97. The average molecular weight is 512 g/mol. The number of hydrogen-bond acceptors (Lipinski definition) is 7. The highest BCUT2D eigenvalue weighted by molar-refractivity contribution is 6.32. The highest BCUT2D eigenvalue weighted by Gasteiger charge is 2.11. The topological polar surface area (TPSA) is 98.6 Å². The number of anilines is 2. The number of amides is 1. The lowest BCUT2D eigenvalue weighted by atomic mass is 10.1. The summed E-state index contributed by atoms with van der Waals surface area (Å²) in [6, 6.07) is 14.6. The molecule has 0 saturated heterocycles. The maximum absolute atomic E-state index is 11.3. The molecule has 4 rings (SSSR count). The van der Waals surface area contributed by atoms with E-state index in [0.29, 0.717) is 52.3 Å². The zero-order valence-electron chi connectivity index (χ0n) is 19.9. The standard InChI is InChI=1S/C28H22ClN5O3/c1-3-27(35)31-13-7-8-19-14-22-24(16-26(19)36-4-2)32-18-33-28(22)34-20-10-11-25(23(29)15-20)37-17-21-9-5-6-12-30-21/h3,5-6,9-16,18H,1,4,17H2,2H3,(H,32,33,34). The Hall–Kier alpha value is -4.74. The molecule has 0 aliphatic heterocycles. The molecule has 9 heteroatoms. The largest absolute Gasteiger partial charge is 0.492 e. The number of nitrogens with zero attached hydrogens (tertiary/aromatic N) is 4. The van der Waals surface area contributed by atoms with Gasteiger partial charge in [-0.3, -0.25) is 9.78 Å². The normalized spacial score (nSPS) is 10.5. The van der Waals surface area contributed by atoms with Gasteiger partial charge in [-0.15, -0.1) is 0 Å². The Morgan fingerprint density at radius 2 is 2.03 bits per heavy atom. The molecule has 1 amide bonds. The molecule has 37 heavy (non-hydrogen) atoms. The lowest BCUT2D eigenvalue weighted by Crippen LogP contribution is -2.00. The second-order valence-electron chi connectivity index (χ2n) is 7.47. The molecule has 0 bridgehead atoms. The molecule has 0 aliphatic carbocycles. The minimum atomic E-state index is -0.468. The molecule has 0 saturated carbocycles. The average Bonchev–Trinajstić information content (AvgIpc) is 2.91. The van der Waals surface area contributed by atoms with Gasteiger partial charge in [0.25, 0.3) is 5.91 Å². The monoisotopic (exact) mass is 511 g/mol. The summed E-state index contributed by atoms with van der Waals surface area (Å²) in [5, 5.41) is 4.45. The summed E-state index contributed by atoms with van der Waals surface area (Å²) in [7, 11) is 0. The number of ether oxygens (including phenoxy) is 2. The number of carbonyl (C=O) groups is 1. The van der Waals surface area contributed by atoms with Crippen LogP contribution in [0.4, 0.5) is 11.5 Å². The van der Waals surface area contributed by atoms with Crippen LogP contribution in [0.2, 0.25) is 5.02 Å². The van der Waals surface area contributed by atoms with Gasteiger partial charge in [0.1, 0.15) is 30.3 Å². The Labute approximate surface area is 219 Å². The predicted molar refractivity (Wildman–Crippen MR) is 145 cm³/mol. The lowest BCUT2D eigenvalue weighted by Gasteiger charge is -2.13. The highest BCUT2D eigenvalue weighted by atomic mass is 35.5. The van der Waals surface area contributed by atoms with Gasteiger partial charge in [0.15, 0.2) is 0 Å². The van der Waals surface area contributed by atoms with E-state index in [1.54, 1.807) is 24.4 Å². The molecule has 0 radical (unpaired) electrons. The van der Waals surface area contributed by atoms with Crippen molar-refractivity contribution in [2.24, 2.45) is 4.99 Å². The number of nitrogens with one attached hydrogen (secondary N) is 1. The van der Waals surface area contributed by atoms with Crippen molar-refractivity contribution in [2.75, 3.05) is 11.9 Å². The van der Waals surface area contributed by atoms with E-state index < -0.39 is 5.91 Å². The first kappa shape index (κ1) is 25.4. The number of halogens is 1. The molecule has 2 aromatic carbocycles. The van der Waals surface area contributed by atoms with Crippen LogP contribution in [-0.4, -0.2) is 33.7 Å². The SMILES string of the molecule is C=CC(=O)N=CC#Cc1cc2c(Nc3ccc(OCc4ccccn4)c(Cl)c3)ncnc2cc1OCC. The first-order valence-electron chi connectivity index (χ1n) is 11.3. The van der Waals surface area contributed by atoms with Crippen LogP contribution in [0.15, 0.2) is 78.7 Å². The van der Waals surface area contributed by atoms with Crippen LogP contribution in [0.1, 0.15) is 18.2 Å². The Morgan fingerprint density at radius 3 is 2.78 bits per heavy atom. The first-order valence-corrected chi connectivity index (χ1v) is 11.7. The van der Waals surface area contributed by atoms with E-state index in [-0.39, 0.29) is 0 Å². The fraction of sp³-hybridized carbons (Fsp3) is 0.107. The Kier molecular flexibility index (Phi) is 8.42. The van der Waals surface area contributed by atoms with E-state index >= 15 is 0 Å². The van der Waals surface area contributed by atoms with Crippen molar-refractivity contribution >= 4 is 46.1 Å². The molecule has 0 unspecified atom stereocenters. The van der Waals surface area contributed by atoms with Gasteiger partial charge in [-0.25, -0.2) is 15.0 Å². The number of benzene rings is 2. The van der Waals surface area contributed by atoms with Crippen molar-refractivity contribution < 1.29 is 14.3 Å². The number of carbonyl (C=O) groups excluding carboxylic acids is 1. The number of hydrogen-bond donors (Lipinski definition) is 1. The number of fused-ring (bicyclic) bond motifs is 1. The van der Waals surface area contributed by atoms with Gasteiger partial charge in [-0.1, -0.05) is 30.2 Å². The van der Waals surface area contributed by atoms with Crippen LogP contribution >= 0.6 is 11.6 Å². The zero-order valence-corrected chi connectivity index (χ0v) is 20.7. The Balaban J connectivity index is 1.60. The van der Waals surface area contributed by atoms with E-state index in [4.69, 9.17) is 21.1 Å². The van der Waals surface area contributed by atoms with Gasteiger partial charge in [0.05, 0.1) is 34.6 Å². The molecule has 2 aromatic heterocycles. The van der Waals surface area contributed by atoms with Crippen molar-refractivity contribution in [1.29, 1.82) is 0 Å². The minimum Gasteiger partial charge on any atom is -0.492 e. The fourth-order valence-electron chi connectivity index (χ4n) is 3.28. The van der Waals surface area contributed by atoms with Gasteiger partial charge in [0, 0.05) is 23.3 Å². The molecule has 4 aromatic rings. The van der Waals surface area contributed by atoms with E-state index in [2.05, 4.69) is 43.7 Å². The molecule has 184 valence electrons. The second kappa shape index (κ2) is 12.3. The number of rotatable bonds is 8. The summed E-state index contributed by atoms with van der Waals surface area (Å²) in [4.78, 5) is 28.0. The molecule has 0 spiro atoms. The molecule has 0 atom stereocenters. The molecule has 1 N–H and O–H groups in total. The predicted octanol–water partition coefficient (Wildman–Crippen LogP) is 5.53. The van der Waals surface area contributed by atoms with Crippen molar-refractivity contribution in [1.82, 2.24) is 15.0 Å². The van der Waals surface area contributed by atoms with E-state index in [9.17, 15) is 4.79 Å². The fourth-order valence-corrected chi connectivity index (χ4v) is 3.52. The van der Waals surface area contributed by atoms with E-state index in [0.717, 1.165) is 17.2 Å². The van der Waals surface area contributed by atoms with Gasteiger partial charge >= 0.3 is 0 Å². The Morgan fingerprint density at radius 1 is 1.14 bits per heavy atom. The highest BCUT2D eigenvalue weighted by Crippen LogP contribution is 2.32. The van der Waals surface area contributed by atoms with Gasteiger partial charge in [-0.05, 0) is 55.3 Å². The van der Waals surface area contributed by atoms with Crippen LogP contribution in [-0.2, 0) is 11.4 Å². The lowest BCUT2D eigenvalue weighted by molar-refractivity contribution is -0.113. The van der Waals surface area contributed by atoms with E-state index in [1.165, 1.54) is 12.5 Å². The Bertz CT molecular complexity index is 1530. The van der Waals surface area contributed by atoms with Crippen LogP contribution in [0, 0.1) is 11.8 Å². The molecule has 0 fully saturated rings. The van der Waals surface area contributed by atoms with Gasteiger partial charge in [0.2, 0.25) is 0 Å². The van der Waals surface area contributed by atoms with Crippen LogP contribution in [0.25, 0.3) is 10.9 Å². The van der Waals surface area contributed by atoms with Crippen LogP contribution in [0.3, 0.4) is 0 Å². The number of pyridine rings is 1. The van der Waals surface area contributed by atoms with Crippen molar-refractivity contribution in [3.8, 4) is 23.3 Å². The summed E-state index contributed by atoms with van der Waals surface area (Å²) >= 11 is 6.47. The van der Waals surface area contributed by atoms with Crippen molar-refractivity contribution in [3.05, 3.63) is 90.0 Å².